The largest absolute Gasteiger partial charge is 0.465 e. The number of ether oxygens (including phenoxy) is 3. The van der Waals surface area contributed by atoms with E-state index in [0.717, 1.165) is 5.56 Å². The third-order valence-corrected chi connectivity index (χ3v) is 6.26. The Hall–Kier alpha value is -2.14. The number of carbonyl (C=O) groups is 2. The summed E-state index contributed by atoms with van der Waals surface area (Å²) < 4.78 is 16.9. The second-order valence-electron chi connectivity index (χ2n) is 7.92. The van der Waals surface area contributed by atoms with Gasteiger partial charge in [-0.05, 0) is 36.5 Å². The van der Waals surface area contributed by atoms with Crippen LogP contribution in [0.2, 0.25) is 0 Å². The van der Waals surface area contributed by atoms with Crippen molar-refractivity contribution in [1.82, 2.24) is 0 Å². The molecule has 27 heavy (non-hydrogen) atoms. The van der Waals surface area contributed by atoms with Crippen LogP contribution in [-0.2, 0) is 19.1 Å². The summed E-state index contributed by atoms with van der Waals surface area (Å²) in [5, 5.41) is 0. The van der Waals surface area contributed by atoms with E-state index in [4.69, 9.17) is 14.2 Å². The maximum absolute atomic E-state index is 11.4. The molecule has 2 bridgehead atoms. The number of rotatable bonds is 4. The van der Waals surface area contributed by atoms with Crippen molar-refractivity contribution < 1.29 is 23.8 Å². The Labute approximate surface area is 160 Å². The fraction of sp³-hybridized carbons (Fsp3) is 0.545. The first-order chi connectivity index (χ1) is 12.7. The molecule has 0 aromatic heterocycles. The highest BCUT2D eigenvalue weighted by Crippen LogP contribution is 2.56. The summed E-state index contributed by atoms with van der Waals surface area (Å²) in [6, 6.07) is 7.52. The third-order valence-electron chi connectivity index (χ3n) is 6.26. The van der Waals surface area contributed by atoms with Crippen LogP contribution in [0.5, 0.6) is 5.75 Å². The molecule has 146 valence electrons. The number of carbonyl (C=O) groups excluding carboxylic acids is 2. The molecule has 1 aromatic carbocycles. The minimum Gasteiger partial charge on any atom is -0.465 e. The van der Waals surface area contributed by atoms with E-state index in [1.165, 1.54) is 19.4 Å². The molecule has 0 N–H and O–H groups in total. The molecular weight excluding hydrogens is 344 g/mol. The second-order valence-corrected chi connectivity index (χ2v) is 7.92. The van der Waals surface area contributed by atoms with Crippen LogP contribution < -0.4 is 4.74 Å². The summed E-state index contributed by atoms with van der Waals surface area (Å²) in [4.78, 5) is 22.5. The van der Waals surface area contributed by atoms with Crippen molar-refractivity contribution in [1.29, 1.82) is 0 Å². The van der Waals surface area contributed by atoms with E-state index in [-0.39, 0.29) is 35.3 Å². The predicted octanol–water partition coefficient (Wildman–Crippen LogP) is 4.08. The standard InChI is InChI=1S/C22H28O5/c1-13-10-14(2)22(11-25-16(4)23)12-26-21(20(13)15(22)3)18-6-8-19(9-7-18)27-17(5)24/h6-10,14-15,20-21H,11-12H2,1-5H3/t14-,15-,20+,21-,22+/m1/s1. The average Bonchev–Trinajstić information content (AvgIpc) is 2.59. The lowest BCUT2D eigenvalue weighted by Crippen LogP contribution is -2.54. The molecule has 1 heterocycles. The van der Waals surface area contributed by atoms with Gasteiger partial charge in [0.05, 0.1) is 19.3 Å². The summed E-state index contributed by atoms with van der Waals surface area (Å²) in [7, 11) is 0. The van der Waals surface area contributed by atoms with E-state index in [0.29, 0.717) is 24.9 Å². The molecule has 5 heteroatoms. The van der Waals surface area contributed by atoms with E-state index in [1.807, 2.05) is 12.1 Å². The molecule has 0 saturated carbocycles. The zero-order valence-corrected chi connectivity index (χ0v) is 16.7. The van der Waals surface area contributed by atoms with Gasteiger partial charge >= 0.3 is 11.9 Å². The Morgan fingerprint density at radius 2 is 1.81 bits per heavy atom. The van der Waals surface area contributed by atoms with Crippen molar-refractivity contribution in [3.8, 4) is 5.75 Å². The monoisotopic (exact) mass is 372 g/mol. The number of hydrogen-bond donors (Lipinski definition) is 0. The van der Waals surface area contributed by atoms with Crippen LogP contribution in [0.3, 0.4) is 0 Å². The molecule has 0 radical (unpaired) electrons. The first-order valence-electron chi connectivity index (χ1n) is 9.46. The Bertz CT molecular complexity index is 750. The van der Waals surface area contributed by atoms with Gasteiger partial charge in [0, 0.05) is 25.2 Å². The smallest absolute Gasteiger partial charge is 0.308 e. The van der Waals surface area contributed by atoms with Crippen molar-refractivity contribution in [3.05, 3.63) is 41.5 Å². The molecule has 1 saturated heterocycles. The summed E-state index contributed by atoms with van der Waals surface area (Å²) in [5.41, 5.74) is 2.16. The van der Waals surface area contributed by atoms with Crippen molar-refractivity contribution >= 4 is 11.9 Å². The topological polar surface area (TPSA) is 61.8 Å². The Kier molecular flexibility index (Phi) is 5.43. The van der Waals surface area contributed by atoms with Crippen LogP contribution in [0.1, 0.15) is 46.3 Å². The number of hydrogen-bond acceptors (Lipinski definition) is 5. The molecule has 1 aromatic rings. The Balaban J connectivity index is 1.88. The normalized spacial score (nSPS) is 32.4. The molecular formula is C22H28O5. The maximum Gasteiger partial charge on any atom is 0.308 e. The van der Waals surface area contributed by atoms with E-state index >= 15 is 0 Å². The fourth-order valence-electron chi connectivity index (χ4n) is 4.69. The van der Waals surface area contributed by atoms with Crippen LogP contribution >= 0.6 is 0 Å². The van der Waals surface area contributed by atoms with Gasteiger partial charge in [-0.15, -0.1) is 0 Å². The molecule has 5 atom stereocenters. The van der Waals surface area contributed by atoms with Gasteiger partial charge in [0.1, 0.15) is 5.75 Å². The lowest BCUT2D eigenvalue weighted by molar-refractivity contribution is -0.180. The van der Waals surface area contributed by atoms with Gasteiger partial charge in [0.2, 0.25) is 0 Å². The lowest BCUT2D eigenvalue weighted by Gasteiger charge is -2.55. The zero-order chi connectivity index (χ0) is 19.8. The fourth-order valence-corrected chi connectivity index (χ4v) is 4.69. The summed E-state index contributed by atoms with van der Waals surface area (Å²) in [6.45, 7) is 10.3. The molecule has 0 spiro atoms. The van der Waals surface area contributed by atoms with Gasteiger partial charge in [0.15, 0.2) is 0 Å². The predicted molar refractivity (Wildman–Crippen MR) is 101 cm³/mol. The molecule has 1 aliphatic carbocycles. The highest BCUT2D eigenvalue weighted by atomic mass is 16.5. The molecule has 5 nitrogen and oxygen atoms in total. The number of benzene rings is 1. The molecule has 0 amide bonds. The SMILES string of the molecule is CC(=O)OC[C@]12CO[C@H](c3ccc(OC(C)=O)cc3)[C@@H](C(C)=C[C@H]1C)[C@H]2C. The first-order valence-corrected chi connectivity index (χ1v) is 9.46. The molecule has 2 aliphatic rings. The van der Waals surface area contributed by atoms with Crippen LogP contribution in [-0.4, -0.2) is 25.2 Å². The Morgan fingerprint density at radius 1 is 1.15 bits per heavy atom. The van der Waals surface area contributed by atoms with E-state index in [2.05, 4.69) is 26.8 Å². The summed E-state index contributed by atoms with van der Waals surface area (Å²) in [5.74, 6) is 0.739. The van der Waals surface area contributed by atoms with Crippen LogP contribution in [0.15, 0.2) is 35.9 Å². The van der Waals surface area contributed by atoms with Crippen molar-refractivity contribution in [2.45, 2.75) is 40.7 Å². The van der Waals surface area contributed by atoms with E-state index in [9.17, 15) is 9.59 Å². The zero-order valence-electron chi connectivity index (χ0n) is 16.7. The molecule has 1 fully saturated rings. The summed E-state index contributed by atoms with van der Waals surface area (Å²) >= 11 is 0. The van der Waals surface area contributed by atoms with Gasteiger partial charge in [-0.2, -0.15) is 0 Å². The van der Waals surface area contributed by atoms with E-state index < -0.39 is 0 Å². The molecule has 0 unspecified atom stereocenters. The quantitative estimate of drug-likeness (QED) is 0.453. The van der Waals surface area contributed by atoms with Crippen LogP contribution in [0, 0.1) is 23.2 Å². The van der Waals surface area contributed by atoms with Crippen LogP contribution in [0.4, 0.5) is 0 Å². The highest BCUT2D eigenvalue weighted by molar-refractivity contribution is 5.69. The number of esters is 2. The molecule has 3 rings (SSSR count). The van der Waals surface area contributed by atoms with Gasteiger partial charge in [-0.25, -0.2) is 0 Å². The van der Waals surface area contributed by atoms with Gasteiger partial charge in [-0.3, -0.25) is 9.59 Å². The van der Waals surface area contributed by atoms with Crippen molar-refractivity contribution in [2.75, 3.05) is 13.2 Å². The third kappa shape index (κ3) is 3.65. The average molecular weight is 372 g/mol. The van der Waals surface area contributed by atoms with Gasteiger partial charge in [-0.1, -0.05) is 37.6 Å². The van der Waals surface area contributed by atoms with Gasteiger partial charge < -0.3 is 14.2 Å². The van der Waals surface area contributed by atoms with Crippen molar-refractivity contribution in [2.24, 2.45) is 23.2 Å². The Morgan fingerprint density at radius 3 is 2.41 bits per heavy atom. The lowest BCUT2D eigenvalue weighted by atomic mass is 9.56. The van der Waals surface area contributed by atoms with Crippen LogP contribution in [0.25, 0.3) is 0 Å². The minimum absolute atomic E-state index is 0.0689. The molecule has 1 aliphatic heterocycles. The van der Waals surface area contributed by atoms with Crippen molar-refractivity contribution in [3.63, 3.8) is 0 Å². The maximum atomic E-state index is 11.4. The second kappa shape index (κ2) is 7.47. The summed E-state index contributed by atoms with van der Waals surface area (Å²) in [6.07, 6.45) is 2.23. The first kappa shape index (κ1) is 19.6. The highest BCUT2D eigenvalue weighted by Gasteiger charge is 2.54. The minimum atomic E-state index is -0.333. The van der Waals surface area contributed by atoms with E-state index in [1.54, 1.807) is 12.1 Å². The van der Waals surface area contributed by atoms with Gasteiger partial charge in [0.25, 0.3) is 0 Å². The number of fused-ring (bicyclic) bond motifs is 2. The number of allylic oxidation sites excluding steroid dienone is 1.